The van der Waals surface area contributed by atoms with Crippen molar-refractivity contribution in [3.8, 4) is 0 Å². The third-order valence-electron chi connectivity index (χ3n) is 2.45. The number of carbonyl (C=O) groups excluding carboxylic acids is 1. The molecule has 1 aromatic rings. The number of anilines is 1. The van der Waals surface area contributed by atoms with Gasteiger partial charge in [0.15, 0.2) is 0 Å². The molecule has 0 aliphatic heterocycles. The average Bonchev–Trinajstić information content (AvgIpc) is 2.67. The molecule has 0 aliphatic rings. The Kier molecular flexibility index (Phi) is 4.73. The van der Waals surface area contributed by atoms with Gasteiger partial charge in [0.1, 0.15) is 5.69 Å². The van der Waals surface area contributed by atoms with Crippen molar-refractivity contribution >= 4 is 17.7 Å². The summed E-state index contributed by atoms with van der Waals surface area (Å²) in [6, 6.07) is 1.25. The van der Waals surface area contributed by atoms with Gasteiger partial charge in [-0.05, 0) is 20.0 Å². The Morgan fingerprint density at radius 2 is 2.17 bits per heavy atom. The fraction of sp³-hybridized carbons (Fsp3) is 0.455. The van der Waals surface area contributed by atoms with E-state index in [9.17, 15) is 9.59 Å². The minimum Gasteiger partial charge on any atom is -0.477 e. The number of rotatable bonds is 5. The van der Waals surface area contributed by atoms with Gasteiger partial charge in [-0.15, -0.1) is 0 Å². The van der Waals surface area contributed by atoms with Crippen LogP contribution >= 0.6 is 0 Å². The Labute approximate surface area is 105 Å². The summed E-state index contributed by atoms with van der Waals surface area (Å²) in [5.74, 6) is -1.10. The highest BCUT2D eigenvalue weighted by Gasteiger charge is 2.16. The zero-order valence-corrected chi connectivity index (χ0v) is 10.7. The van der Waals surface area contributed by atoms with E-state index in [2.05, 4.69) is 15.6 Å². The highest BCUT2D eigenvalue weighted by atomic mass is 16.4. The van der Waals surface area contributed by atoms with Gasteiger partial charge in [0.2, 0.25) is 0 Å². The highest BCUT2D eigenvalue weighted by Crippen LogP contribution is 2.17. The Hall–Kier alpha value is -2.02. The van der Waals surface area contributed by atoms with Gasteiger partial charge in [-0.3, -0.25) is 0 Å². The van der Waals surface area contributed by atoms with E-state index < -0.39 is 5.97 Å². The number of aromatic nitrogens is 1. The number of aromatic amines is 1. The molecule has 0 saturated carbocycles. The second-order valence-corrected chi connectivity index (χ2v) is 4.00. The third kappa shape index (κ3) is 3.49. The molecule has 0 unspecified atom stereocenters. The molecule has 1 rings (SSSR count). The lowest BCUT2D eigenvalue weighted by molar-refractivity contribution is 0.0692. The number of hydrogen-bond acceptors (Lipinski definition) is 3. The Balaban J connectivity index is 2.72. The first kappa shape index (κ1) is 14.0. The summed E-state index contributed by atoms with van der Waals surface area (Å²) in [7, 11) is 3.44. The molecule has 7 heteroatoms. The lowest BCUT2D eigenvalue weighted by Gasteiger charge is -2.17. The number of carboxylic acid groups (broad SMARTS) is 1. The van der Waals surface area contributed by atoms with Crippen molar-refractivity contribution in [3.63, 3.8) is 0 Å². The first-order chi connectivity index (χ1) is 8.45. The minimum atomic E-state index is -1.10. The van der Waals surface area contributed by atoms with E-state index in [1.807, 2.05) is 0 Å². The minimum absolute atomic E-state index is 0.0112. The number of nitrogens with zero attached hydrogens (tertiary/aromatic N) is 1. The molecule has 0 atom stereocenters. The quantitative estimate of drug-likeness (QED) is 0.622. The molecule has 100 valence electrons. The summed E-state index contributed by atoms with van der Waals surface area (Å²) < 4.78 is 0. The molecule has 0 radical (unpaired) electrons. The molecule has 0 aromatic carbocycles. The van der Waals surface area contributed by atoms with E-state index in [1.54, 1.807) is 27.1 Å². The van der Waals surface area contributed by atoms with Gasteiger partial charge in [-0.2, -0.15) is 0 Å². The Bertz CT molecular complexity index is 441. The SMILES string of the molecule is CNCCN(C)C(=O)Nc1cc(C)[nH]c1C(=O)O. The van der Waals surface area contributed by atoms with E-state index in [0.717, 1.165) is 0 Å². The van der Waals surface area contributed by atoms with Gasteiger partial charge in [0.05, 0.1) is 5.69 Å². The number of likely N-dealkylation sites (N-methyl/N-ethyl adjacent to an activating group) is 2. The van der Waals surface area contributed by atoms with Gasteiger partial charge in [0.25, 0.3) is 0 Å². The summed E-state index contributed by atoms with van der Waals surface area (Å²) in [4.78, 5) is 26.9. The van der Waals surface area contributed by atoms with Crippen molar-refractivity contribution < 1.29 is 14.7 Å². The van der Waals surface area contributed by atoms with Crippen molar-refractivity contribution in [1.29, 1.82) is 0 Å². The molecule has 1 heterocycles. The third-order valence-corrected chi connectivity index (χ3v) is 2.45. The summed E-state index contributed by atoms with van der Waals surface area (Å²) in [6.07, 6.45) is 0. The lowest BCUT2D eigenvalue weighted by atomic mass is 10.3. The monoisotopic (exact) mass is 254 g/mol. The second kappa shape index (κ2) is 6.06. The summed E-state index contributed by atoms with van der Waals surface area (Å²) >= 11 is 0. The Morgan fingerprint density at radius 3 is 2.72 bits per heavy atom. The van der Waals surface area contributed by atoms with Gasteiger partial charge in [-0.1, -0.05) is 0 Å². The standard InChI is InChI=1S/C11H18N4O3/c1-7-6-8(9(13-7)10(16)17)14-11(18)15(3)5-4-12-2/h6,12-13H,4-5H2,1-3H3,(H,14,18)(H,16,17). The Morgan fingerprint density at radius 1 is 1.50 bits per heavy atom. The number of carbonyl (C=O) groups is 2. The maximum absolute atomic E-state index is 11.8. The van der Waals surface area contributed by atoms with Crippen LogP contribution in [0.2, 0.25) is 0 Å². The fourth-order valence-electron chi connectivity index (χ4n) is 1.45. The zero-order valence-electron chi connectivity index (χ0n) is 10.7. The number of hydrogen-bond donors (Lipinski definition) is 4. The van der Waals surface area contributed by atoms with Crippen LogP contribution in [-0.4, -0.2) is 54.2 Å². The molecule has 1 aromatic heterocycles. The van der Waals surface area contributed by atoms with Crippen LogP contribution < -0.4 is 10.6 Å². The molecule has 4 N–H and O–H groups in total. The molecule has 0 bridgehead atoms. The van der Waals surface area contributed by atoms with Crippen molar-refractivity contribution in [2.75, 3.05) is 32.5 Å². The largest absolute Gasteiger partial charge is 0.477 e. The summed E-state index contributed by atoms with van der Waals surface area (Å²) in [5, 5.41) is 14.5. The summed E-state index contributed by atoms with van der Waals surface area (Å²) in [5.41, 5.74) is 0.949. The maximum Gasteiger partial charge on any atom is 0.354 e. The van der Waals surface area contributed by atoms with E-state index >= 15 is 0 Å². The first-order valence-electron chi connectivity index (χ1n) is 5.55. The van der Waals surface area contributed by atoms with Crippen LogP contribution in [0, 0.1) is 6.92 Å². The predicted octanol–water partition coefficient (Wildman–Crippen LogP) is 0.704. The fourth-order valence-corrected chi connectivity index (χ4v) is 1.45. The average molecular weight is 254 g/mol. The highest BCUT2D eigenvalue weighted by molar-refractivity contribution is 5.99. The first-order valence-corrected chi connectivity index (χ1v) is 5.55. The number of H-pyrrole nitrogens is 1. The van der Waals surface area contributed by atoms with E-state index in [4.69, 9.17) is 5.11 Å². The van der Waals surface area contributed by atoms with Gasteiger partial charge in [-0.25, -0.2) is 9.59 Å². The number of carboxylic acids is 1. The van der Waals surface area contributed by atoms with Crippen LogP contribution in [0.3, 0.4) is 0 Å². The summed E-state index contributed by atoms with van der Waals surface area (Å²) in [6.45, 7) is 2.93. The van der Waals surface area contributed by atoms with Crippen molar-refractivity contribution in [2.24, 2.45) is 0 Å². The van der Waals surface area contributed by atoms with Crippen molar-refractivity contribution in [3.05, 3.63) is 17.5 Å². The van der Waals surface area contributed by atoms with Crippen LogP contribution in [0.4, 0.5) is 10.5 Å². The van der Waals surface area contributed by atoms with E-state index in [1.165, 1.54) is 4.90 Å². The van der Waals surface area contributed by atoms with Gasteiger partial charge < -0.3 is 25.6 Å². The van der Waals surface area contributed by atoms with Crippen LogP contribution in [0.25, 0.3) is 0 Å². The van der Waals surface area contributed by atoms with Crippen molar-refractivity contribution in [1.82, 2.24) is 15.2 Å². The molecular weight excluding hydrogens is 236 g/mol. The molecular formula is C11H18N4O3. The van der Waals surface area contributed by atoms with E-state index in [-0.39, 0.29) is 17.4 Å². The predicted molar refractivity (Wildman–Crippen MR) is 68.1 cm³/mol. The van der Waals surface area contributed by atoms with E-state index in [0.29, 0.717) is 18.8 Å². The van der Waals surface area contributed by atoms with Crippen LogP contribution in [0.5, 0.6) is 0 Å². The van der Waals surface area contributed by atoms with Crippen molar-refractivity contribution in [2.45, 2.75) is 6.92 Å². The van der Waals surface area contributed by atoms with Gasteiger partial charge >= 0.3 is 12.0 Å². The molecule has 0 saturated heterocycles. The van der Waals surface area contributed by atoms with Crippen LogP contribution in [-0.2, 0) is 0 Å². The van der Waals surface area contributed by atoms with Crippen LogP contribution in [0.15, 0.2) is 6.07 Å². The molecule has 0 aliphatic carbocycles. The smallest absolute Gasteiger partial charge is 0.354 e. The maximum atomic E-state index is 11.8. The topological polar surface area (TPSA) is 97.5 Å². The molecule has 2 amide bonds. The normalized spacial score (nSPS) is 10.2. The molecule has 0 fully saturated rings. The van der Waals surface area contributed by atoms with Crippen LogP contribution in [0.1, 0.15) is 16.2 Å². The number of amides is 2. The lowest BCUT2D eigenvalue weighted by Crippen LogP contribution is -2.36. The zero-order chi connectivity index (χ0) is 13.7. The number of urea groups is 1. The molecule has 18 heavy (non-hydrogen) atoms. The number of aryl methyl sites for hydroxylation is 1. The number of nitrogens with one attached hydrogen (secondary N) is 3. The van der Waals surface area contributed by atoms with Gasteiger partial charge in [0, 0.05) is 25.8 Å². The second-order valence-electron chi connectivity index (χ2n) is 4.00. The number of aromatic carboxylic acids is 1. The molecule has 7 nitrogen and oxygen atoms in total. The molecule has 0 spiro atoms.